The van der Waals surface area contributed by atoms with E-state index in [1.54, 1.807) is 12.1 Å². The van der Waals surface area contributed by atoms with Crippen molar-refractivity contribution in [3.05, 3.63) is 60.0 Å². The predicted molar refractivity (Wildman–Crippen MR) is 102 cm³/mol. The van der Waals surface area contributed by atoms with E-state index >= 15 is 0 Å². The molecule has 0 saturated heterocycles. The molecule has 0 aliphatic carbocycles. The summed E-state index contributed by atoms with van der Waals surface area (Å²) in [7, 11) is 0. The van der Waals surface area contributed by atoms with Gasteiger partial charge in [-0.25, -0.2) is 4.98 Å². The van der Waals surface area contributed by atoms with Crippen molar-refractivity contribution in [1.29, 1.82) is 0 Å². The zero-order chi connectivity index (χ0) is 18.4. The van der Waals surface area contributed by atoms with Crippen LogP contribution in [-0.2, 0) is 9.59 Å². The van der Waals surface area contributed by atoms with Crippen LogP contribution in [-0.4, -0.2) is 23.4 Å². The first-order valence-corrected chi connectivity index (χ1v) is 8.79. The molecule has 0 atom stereocenters. The summed E-state index contributed by atoms with van der Waals surface area (Å²) in [5.74, 6) is 0.256. The monoisotopic (exact) mass is 367 g/mol. The van der Waals surface area contributed by atoms with E-state index in [9.17, 15) is 9.59 Å². The fourth-order valence-electron chi connectivity index (χ4n) is 2.21. The molecular formula is C19H17N3O3S. The number of hydrogen-bond donors (Lipinski definition) is 2. The lowest BCUT2D eigenvalue weighted by Gasteiger charge is -2.05. The maximum absolute atomic E-state index is 12.0. The highest BCUT2D eigenvalue weighted by molar-refractivity contribution is 7.14. The Bertz CT molecular complexity index is 892. The van der Waals surface area contributed by atoms with Gasteiger partial charge < -0.3 is 10.1 Å². The van der Waals surface area contributed by atoms with E-state index in [1.165, 1.54) is 18.3 Å². The second-order valence-electron chi connectivity index (χ2n) is 5.45. The summed E-state index contributed by atoms with van der Waals surface area (Å²) in [6, 6.07) is 16.5. The molecule has 7 heteroatoms. The third-order valence-electron chi connectivity index (χ3n) is 3.36. The second kappa shape index (κ2) is 8.26. The van der Waals surface area contributed by atoms with Crippen molar-refractivity contribution >= 4 is 34.0 Å². The fourth-order valence-corrected chi connectivity index (χ4v) is 2.95. The van der Waals surface area contributed by atoms with Crippen LogP contribution in [0.3, 0.4) is 0 Å². The number of carbonyl (C=O) groups excluding carboxylic acids is 2. The van der Waals surface area contributed by atoms with E-state index in [4.69, 9.17) is 4.74 Å². The molecule has 0 fully saturated rings. The first kappa shape index (κ1) is 17.6. The minimum Gasteiger partial charge on any atom is -0.484 e. The SMILES string of the molecule is CC(=O)Nc1ccc(-c2csc(NC(=O)COc3ccccc3)n2)cc1. The van der Waals surface area contributed by atoms with Crippen molar-refractivity contribution in [3.8, 4) is 17.0 Å². The first-order valence-electron chi connectivity index (χ1n) is 7.91. The molecule has 6 nitrogen and oxygen atoms in total. The van der Waals surface area contributed by atoms with Crippen LogP contribution >= 0.6 is 11.3 Å². The van der Waals surface area contributed by atoms with Crippen molar-refractivity contribution in [3.63, 3.8) is 0 Å². The Labute approximate surface area is 154 Å². The molecule has 3 rings (SSSR count). The number of nitrogens with zero attached hydrogens (tertiary/aromatic N) is 1. The van der Waals surface area contributed by atoms with Crippen LogP contribution in [0.1, 0.15) is 6.92 Å². The number of ether oxygens (including phenoxy) is 1. The van der Waals surface area contributed by atoms with E-state index in [-0.39, 0.29) is 18.4 Å². The van der Waals surface area contributed by atoms with E-state index in [1.807, 2.05) is 47.8 Å². The third kappa shape index (κ3) is 4.90. The molecule has 2 N–H and O–H groups in total. The third-order valence-corrected chi connectivity index (χ3v) is 4.12. The van der Waals surface area contributed by atoms with Crippen molar-refractivity contribution in [2.45, 2.75) is 6.92 Å². The molecular weight excluding hydrogens is 350 g/mol. The number of nitrogens with one attached hydrogen (secondary N) is 2. The Morgan fingerprint density at radius 3 is 2.46 bits per heavy atom. The number of amides is 2. The Kier molecular flexibility index (Phi) is 5.60. The number of thiazole rings is 1. The normalized spacial score (nSPS) is 10.2. The Hall–Kier alpha value is -3.19. The number of anilines is 2. The van der Waals surface area contributed by atoms with Crippen LogP contribution in [0.2, 0.25) is 0 Å². The summed E-state index contributed by atoms with van der Waals surface area (Å²) >= 11 is 1.34. The van der Waals surface area contributed by atoms with Crippen LogP contribution in [0.15, 0.2) is 60.0 Å². The molecule has 0 bridgehead atoms. The highest BCUT2D eigenvalue weighted by Gasteiger charge is 2.09. The van der Waals surface area contributed by atoms with Gasteiger partial charge in [0.05, 0.1) is 5.69 Å². The second-order valence-corrected chi connectivity index (χ2v) is 6.30. The summed E-state index contributed by atoms with van der Waals surface area (Å²) in [5, 5.41) is 7.81. The molecule has 0 saturated carbocycles. The van der Waals surface area contributed by atoms with Gasteiger partial charge in [0, 0.05) is 23.6 Å². The van der Waals surface area contributed by atoms with Gasteiger partial charge in [-0.2, -0.15) is 0 Å². The molecule has 0 radical (unpaired) electrons. The smallest absolute Gasteiger partial charge is 0.264 e. The highest BCUT2D eigenvalue weighted by atomic mass is 32.1. The molecule has 2 amide bonds. The average Bonchev–Trinajstić information content (AvgIpc) is 3.09. The first-order chi connectivity index (χ1) is 12.6. The maximum atomic E-state index is 12.0. The van der Waals surface area contributed by atoms with E-state index in [2.05, 4.69) is 15.6 Å². The van der Waals surface area contributed by atoms with Crippen LogP contribution in [0, 0.1) is 0 Å². The van der Waals surface area contributed by atoms with E-state index < -0.39 is 0 Å². The van der Waals surface area contributed by atoms with Gasteiger partial charge >= 0.3 is 0 Å². The topological polar surface area (TPSA) is 80.3 Å². The van der Waals surface area contributed by atoms with Gasteiger partial charge in [0.1, 0.15) is 5.75 Å². The van der Waals surface area contributed by atoms with Crippen molar-refractivity contribution in [2.75, 3.05) is 17.2 Å². The van der Waals surface area contributed by atoms with Crippen molar-refractivity contribution in [1.82, 2.24) is 4.98 Å². The van der Waals surface area contributed by atoms with Gasteiger partial charge in [-0.15, -0.1) is 11.3 Å². The molecule has 0 aliphatic rings. The van der Waals surface area contributed by atoms with Gasteiger partial charge in [0.2, 0.25) is 5.91 Å². The van der Waals surface area contributed by atoms with Crippen LogP contribution in [0.5, 0.6) is 5.75 Å². The summed E-state index contributed by atoms with van der Waals surface area (Å²) in [6.45, 7) is 1.38. The van der Waals surface area contributed by atoms with Gasteiger partial charge in [-0.1, -0.05) is 30.3 Å². The van der Waals surface area contributed by atoms with Gasteiger partial charge in [0.15, 0.2) is 11.7 Å². The molecule has 0 spiro atoms. The van der Waals surface area contributed by atoms with Gasteiger partial charge in [-0.05, 0) is 24.3 Å². The highest BCUT2D eigenvalue weighted by Crippen LogP contribution is 2.26. The molecule has 132 valence electrons. The Balaban J connectivity index is 1.57. The maximum Gasteiger partial charge on any atom is 0.264 e. The summed E-state index contributed by atoms with van der Waals surface area (Å²) in [4.78, 5) is 27.4. The predicted octanol–water partition coefficient (Wildman–Crippen LogP) is 3.79. The summed E-state index contributed by atoms with van der Waals surface area (Å²) in [5.41, 5.74) is 2.38. The fraction of sp³-hybridized carbons (Fsp3) is 0.105. The summed E-state index contributed by atoms with van der Waals surface area (Å²) in [6.07, 6.45) is 0. The van der Waals surface area contributed by atoms with E-state index in [0.717, 1.165) is 16.9 Å². The number of hydrogen-bond acceptors (Lipinski definition) is 5. The van der Waals surface area contributed by atoms with Crippen molar-refractivity contribution in [2.24, 2.45) is 0 Å². The number of carbonyl (C=O) groups is 2. The minimum atomic E-state index is -0.268. The standard InChI is InChI=1S/C19H17N3O3S/c1-13(23)20-15-9-7-14(8-10-15)17-12-26-19(21-17)22-18(24)11-25-16-5-3-2-4-6-16/h2-10,12H,11H2,1H3,(H,20,23)(H,21,22,24). The Morgan fingerprint density at radius 1 is 1.04 bits per heavy atom. The lowest BCUT2D eigenvalue weighted by molar-refractivity contribution is -0.118. The average molecular weight is 367 g/mol. The largest absolute Gasteiger partial charge is 0.484 e. The summed E-state index contributed by atoms with van der Waals surface area (Å²) < 4.78 is 5.41. The van der Waals surface area contributed by atoms with E-state index in [0.29, 0.717) is 10.9 Å². The lowest BCUT2D eigenvalue weighted by Crippen LogP contribution is -2.19. The van der Waals surface area contributed by atoms with Crippen LogP contribution in [0.4, 0.5) is 10.8 Å². The molecule has 0 aliphatic heterocycles. The van der Waals surface area contributed by atoms with Gasteiger partial charge in [0.25, 0.3) is 5.91 Å². The Morgan fingerprint density at radius 2 is 1.77 bits per heavy atom. The van der Waals surface area contributed by atoms with Crippen LogP contribution < -0.4 is 15.4 Å². The molecule has 1 aromatic heterocycles. The molecule has 0 unspecified atom stereocenters. The zero-order valence-corrected chi connectivity index (χ0v) is 14.9. The number of rotatable bonds is 6. The molecule has 26 heavy (non-hydrogen) atoms. The van der Waals surface area contributed by atoms with Crippen molar-refractivity contribution < 1.29 is 14.3 Å². The van der Waals surface area contributed by atoms with Gasteiger partial charge in [-0.3, -0.25) is 14.9 Å². The lowest BCUT2D eigenvalue weighted by atomic mass is 10.1. The quantitative estimate of drug-likeness (QED) is 0.695. The van der Waals surface area contributed by atoms with Crippen LogP contribution in [0.25, 0.3) is 11.3 Å². The number of benzene rings is 2. The number of para-hydroxylation sites is 1. The molecule has 1 heterocycles. The molecule has 3 aromatic rings. The zero-order valence-electron chi connectivity index (χ0n) is 14.1. The minimum absolute atomic E-state index is 0.0790. The number of aromatic nitrogens is 1. The molecule has 2 aromatic carbocycles.